The number of rotatable bonds is 6. The van der Waals surface area contributed by atoms with Gasteiger partial charge >= 0.3 is 0 Å². The molecule has 2 heterocycles. The van der Waals surface area contributed by atoms with Crippen LogP contribution in [0.2, 0.25) is 5.02 Å². The van der Waals surface area contributed by atoms with Crippen LogP contribution in [0.5, 0.6) is 17.2 Å². The van der Waals surface area contributed by atoms with Crippen molar-refractivity contribution >= 4 is 17.3 Å². The minimum absolute atomic E-state index is 0.239. The Kier molecular flexibility index (Phi) is 5.57. The van der Waals surface area contributed by atoms with E-state index < -0.39 is 6.10 Å². The van der Waals surface area contributed by atoms with E-state index >= 15 is 0 Å². The molecule has 0 spiro atoms. The first-order valence-electron chi connectivity index (χ1n) is 9.11. The summed E-state index contributed by atoms with van der Waals surface area (Å²) >= 11 is 6.08. The van der Waals surface area contributed by atoms with E-state index in [0.29, 0.717) is 18.0 Å². The Bertz CT molecular complexity index is 780. The van der Waals surface area contributed by atoms with Gasteiger partial charge in [-0.05, 0) is 30.3 Å². The molecular formula is C20H23ClN2O4. The number of halogens is 1. The molecule has 1 fully saturated rings. The number of benzene rings is 2. The molecule has 0 saturated carbocycles. The molecular weight excluding hydrogens is 368 g/mol. The fourth-order valence-electron chi connectivity index (χ4n) is 3.37. The van der Waals surface area contributed by atoms with Crippen LogP contribution in [0, 0.1) is 0 Å². The van der Waals surface area contributed by atoms with Crippen molar-refractivity contribution in [1.29, 1.82) is 0 Å². The topological polar surface area (TPSA) is 54.4 Å². The summed E-state index contributed by atoms with van der Waals surface area (Å²) < 4.78 is 16.3. The Labute approximate surface area is 163 Å². The predicted octanol–water partition coefficient (Wildman–Crippen LogP) is 2.63. The Morgan fingerprint density at radius 2 is 1.85 bits per heavy atom. The monoisotopic (exact) mass is 390 g/mol. The number of β-amino-alcohol motifs (C(OH)–C–C–N with tert-alkyl or cyclic N) is 1. The lowest BCUT2D eigenvalue weighted by molar-refractivity contribution is 0.0662. The minimum atomic E-state index is -0.548. The van der Waals surface area contributed by atoms with Gasteiger partial charge in [0.2, 0.25) is 6.79 Å². The third kappa shape index (κ3) is 4.58. The maximum atomic E-state index is 10.3. The smallest absolute Gasteiger partial charge is 0.231 e. The number of fused-ring (bicyclic) bond motifs is 1. The number of piperazine rings is 1. The Hall–Kier alpha value is -2.15. The number of aliphatic hydroxyl groups excluding tert-OH is 1. The average Bonchev–Trinajstić information content (AvgIpc) is 3.15. The summed E-state index contributed by atoms with van der Waals surface area (Å²) in [5.74, 6) is 2.07. The largest absolute Gasteiger partial charge is 0.491 e. The number of hydrogen-bond donors (Lipinski definition) is 1. The van der Waals surface area contributed by atoms with Crippen molar-refractivity contribution in [2.24, 2.45) is 0 Å². The Morgan fingerprint density at radius 3 is 2.67 bits per heavy atom. The summed E-state index contributed by atoms with van der Waals surface area (Å²) in [6, 6.07) is 13.4. The highest BCUT2D eigenvalue weighted by molar-refractivity contribution is 6.30. The first-order valence-corrected chi connectivity index (χ1v) is 9.48. The third-order valence-corrected chi connectivity index (χ3v) is 5.04. The molecule has 7 heteroatoms. The summed E-state index contributed by atoms with van der Waals surface area (Å²) in [7, 11) is 0. The lowest BCUT2D eigenvalue weighted by Crippen LogP contribution is -2.49. The van der Waals surface area contributed by atoms with Gasteiger partial charge in [0.25, 0.3) is 0 Å². The zero-order chi connectivity index (χ0) is 18.6. The summed E-state index contributed by atoms with van der Waals surface area (Å²) in [6.45, 7) is 4.69. The molecule has 2 aromatic carbocycles. The van der Waals surface area contributed by atoms with Crippen molar-refractivity contribution in [3.8, 4) is 17.2 Å². The van der Waals surface area contributed by atoms with E-state index in [0.717, 1.165) is 42.6 Å². The van der Waals surface area contributed by atoms with Gasteiger partial charge in [0, 0.05) is 49.5 Å². The predicted molar refractivity (Wildman–Crippen MR) is 104 cm³/mol. The Morgan fingerprint density at radius 1 is 1.04 bits per heavy atom. The minimum Gasteiger partial charge on any atom is -0.491 e. The first kappa shape index (κ1) is 18.2. The molecule has 1 N–H and O–H groups in total. The van der Waals surface area contributed by atoms with E-state index in [2.05, 4.69) is 15.9 Å². The molecule has 0 bridgehead atoms. The summed E-state index contributed by atoms with van der Waals surface area (Å²) in [5.41, 5.74) is 1.15. The summed E-state index contributed by atoms with van der Waals surface area (Å²) in [5, 5.41) is 11.1. The van der Waals surface area contributed by atoms with E-state index in [1.807, 2.05) is 30.3 Å². The molecule has 144 valence electrons. The molecule has 0 radical (unpaired) electrons. The van der Waals surface area contributed by atoms with Crippen LogP contribution >= 0.6 is 11.6 Å². The van der Waals surface area contributed by atoms with Crippen LogP contribution in [0.15, 0.2) is 42.5 Å². The highest BCUT2D eigenvalue weighted by atomic mass is 35.5. The van der Waals surface area contributed by atoms with Crippen LogP contribution < -0.4 is 19.1 Å². The van der Waals surface area contributed by atoms with Crippen LogP contribution in [0.25, 0.3) is 0 Å². The lowest BCUT2D eigenvalue weighted by atomic mass is 10.2. The van der Waals surface area contributed by atoms with Gasteiger partial charge in [-0.15, -0.1) is 0 Å². The van der Waals surface area contributed by atoms with E-state index in [4.69, 9.17) is 25.8 Å². The molecule has 0 amide bonds. The molecule has 4 rings (SSSR count). The van der Waals surface area contributed by atoms with Crippen molar-refractivity contribution in [3.63, 3.8) is 0 Å². The zero-order valence-corrected chi connectivity index (χ0v) is 15.8. The molecule has 27 heavy (non-hydrogen) atoms. The van der Waals surface area contributed by atoms with Gasteiger partial charge in [-0.2, -0.15) is 0 Å². The second-order valence-electron chi connectivity index (χ2n) is 6.75. The number of hydrogen-bond acceptors (Lipinski definition) is 6. The quantitative estimate of drug-likeness (QED) is 0.818. The molecule has 6 nitrogen and oxygen atoms in total. The van der Waals surface area contributed by atoms with Crippen molar-refractivity contribution in [1.82, 2.24) is 4.90 Å². The van der Waals surface area contributed by atoms with Crippen molar-refractivity contribution in [2.75, 3.05) is 51.0 Å². The van der Waals surface area contributed by atoms with Gasteiger partial charge in [0.05, 0.1) is 0 Å². The Balaban J connectivity index is 1.22. The van der Waals surface area contributed by atoms with Crippen molar-refractivity contribution < 1.29 is 19.3 Å². The lowest BCUT2D eigenvalue weighted by Gasteiger charge is -2.36. The van der Waals surface area contributed by atoms with Gasteiger partial charge in [0.15, 0.2) is 11.5 Å². The van der Waals surface area contributed by atoms with E-state index in [1.54, 1.807) is 6.07 Å². The van der Waals surface area contributed by atoms with Crippen molar-refractivity contribution in [3.05, 3.63) is 47.5 Å². The van der Waals surface area contributed by atoms with Gasteiger partial charge in [-0.3, -0.25) is 4.90 Å². The number of nitrogens with zero attached hydrogens (tertiary/aromatic N) is 2. The second kappa shape index (κ2) is 8.25. The van der Waals surface area contributed by atoms with Gasteiger partial charge in [-0.1, -0.05) is 17.7 Å². The third-order valence-electron chi connectivity index (χ3n) is 4.80. The molecule has 1 saturated heterocycles. The van der Waals surface area contributed by atoms with Gasteiger partial charge in [0.1, 0.15) is 18.5 Å². The highest BCUT2D eigenvalue weighted by Crippen LogP contribution is 2.35. The fourth-order valence-corrected chi connectivity index (χ4v) is 3.56. The second-order valence-corrected chi connectivity index (χ2v) is 7.18. The van der Waals surface area contributed by atoms with Crippen molar-refractivity contribution in [2.45, 2.75) is 6.10 Å². The molecule has 1 unspecified atom stereocenters. The normalized spacial score (nSPS) is 17.8. The van der Waals surface area contributed by atoms with Crippen LogP contribution in [-0.2, 0) is 0 Å². The molecule has 2 aromatic rings. The number of aliphatic hydroxyl groups is 1. The fraction of sp³-hybridized carbons (Fsp3) is 0.400. The average molecular weight is 391 g/mol. The van der Waals surface area contributed by atoms with Crippen LogP contribution in [0.1, 0.15) is 0 Å². The number of anilines is 1. The maximum Gasteiger partial charge on any atom is 0.231 e. The molecule has 0 aromatic heterocycles. The van der Waals surface area contributed by atoms with Crippen LogP contribution in [-0.4, -0.2) is 62.2 Å². The summed E-state index contributed by atoms with van der Waals surface area (Å²) in [4.78, 5) is 4.58. The van der Waals surface area contributed by atoms with Gasteiger partial charge < -0.3 is 24.2 Å². The van der Waals surface area contributed by atoms with Gasteiger partial charge in [-0.25, -0.2) is 0 Å². The molecule has 2 aliphatic heterocycles. The maximum absolute atomic E-state index is 10.3. The molecule has 1 atom stereocenters. The zero-order valence-electron chi connectivity index (χ0n) is 15.0. The first-order chi connectivity index (χ1) is 13.2. The highest BCUT2D eigenvalue weighted by Gasteiger charge is 2.20. The van der Waals surface area contributed by atoms with E-state index in [9.17, 15) is 5.11 Å². The van der Waals surface area contributed by atoms with E-state index in [-0.39, 0.29) is 13.4 Å². The van der Waals surface area contributed by atoms with Crippen LogP contribution in [0.3, 0.4) is 0 Å². The molecule has 2 aliphatic rings. The standard InChI is InChI=1S/C20H23ClN2O4/c21-15-2-1-3-16(10-15)23-8-6-22(7-9-23)12-17(24)13-25-18-4-5-19-20(11-18)27-14-26-19/h1-5,10-11,17,24H,6-9,12-14H2. The summed E-state index contributed by atoms with van der Waals surface area (Å²) in [6.07, 6.45) is -0.548. The number of ether oxygens (including phenoxy) is 3. The van der Waals surface area contributed by atoms with Crippen LogP contribution in [0.4, 0.5) is 5.69 Å². The SMILES string of the molecule is OC(COc1ccc2c(c1)OCO2)CN1CCN(c2cccc(Cl)c2)CC1. The van der Waals surface area contributed by atoms with E-state index in [1.165, 1.54) is 0 Å². The molecule has 0 aliphatic carbocycles.